The van der Waals surface area contributed by atoms with Gasteiger partial charge in [-0.15, -0.1) is 0 Å². The molecule has 1 aliphatic rings. The Morgan fingerprint density at radius 3 is 2.17 bits per heavy atom. The van der Waals surface area contributed by atoms with Crippen molar-refractivity contribution in [3.8, 4) is 0 Å². The van der Waals surface area contributed by atoms with Gasteiger partial charge in [0.1, 0.15) is 12.1 Å². The highest BCUT2D eigenvalue weighted by Gasteiger charge is 2.36. The van der Waals surface area contributed by atoms with Crippen molar-refractivity contribution in [3.63, 3.8) is 0 Å². The number of hydrazine groups is 1. The number of Topliss-reactive ketones (excluding diaryl/α,β-unsaturated/α-hetero) is 1. The van der Waals surface area contributed by atoms with Crippen LogP contribution in [0.1, 0.15) is 63.0 Å². The van der Waals surface area contributed by atoms with Gasteiger partial charge < -0.3 is 26.7 Å². The number of hydrogen-bond donors (Lipinski definition) is 6. The van der Waals surface area contributed by atoms with Crippen LogP contribution in [0.15, 0.2) is 48.5 Å². The van der Waals surface area contributed by atoms with Crippen molar-refractivity contribution < 1.29 is 24.0 Å². The van der Waals surface area contributed by atoms with Crippen molar-refractivity contribution in [1.82, 2.24) is 26.7 Å². The van der Waals surface area contributed by atoms with Gasteiger partial charge in [0.15, 0.2) is 0 Å². The topological polar surface area (TPSA) is 158 Å². The van der Waals surface area contributed by atoms with E-state index in [-0.39, 0.29) is 12.5 Å². The molecule has 11 heteroatoms. The predicted octanol–water partition coefficient (Wildman–Crippen LogP) is 1.79. The van der Waals surface area contributed by atoms with E-state index in [1.54, 1.807) is 26.0 Å². The number of nitrogens with one attached hydrogen (secondary N) is 6. The van der Waals surface area contributed by atoms with Gasteiger partial charge in [-0.05, 0) is 36.0 Å². The Hall–Kier alpha value is -4.25. The maximum Gasteiger partial charge on any atom is 0.289 e. The second kappa shape index (κ2) is 13.4. The zero-order chi connectivity index (χ0) is 30.3. The molecule has 0 radical (unpaired) electrons. The Labute approximate surface area is 240 Å². The van der Waals surface area contributed by atoms with E-state index < -0.39 is 53.0 Å². The SMILES string of the molecule is CC(NC(=O)C(NC(=O)c1cccc2c1CNN2)C(C)(C)C)C(=O)NC(C(=O)C(=O)NCc1ccccc1)C(C)C. The van der Waals surface area contributed by atoms with Gasteiger partial charge in [0, 0.05) is 24.2 Å². The van der Waals surface area contributed by atoms with Gasteiger partial charge in [-0.3, -0.25) is 24.0 Å². The largest absolute Gasteiger partial charge is 0.345 e. The molecule has 0 aliphatic carbocycles. The van der Waals surface area contributed by atoms with Crippen LogP contribution in [0.4, 0.5) is 5.69 Å². The molecular weight excluding hydrogens is 524 g/mol. The number of rotatable bonds is 11. The van der Waals surface area contributed by atoms with Gasteiger partial charge in [0.25, 0.3) is 11.8 Å². The van der Waals surface area contributed by atoms with E-state index in [2.05, 4.69) is 32.1 Å². The number of benzene rings is 2. The number of amides is 4. The Morgan fingerprint density at radius 1 is 0.854 bits per heavy atom. The summed E-state index contributed by atoms with van der Waals surface area (Å²) in [5, 5.41) is 10.7. The molecule has 1 heterocycles. The quantitative estimate of drug-likeness (QED) is 0.227. The second-order valence-corrected chi connectivity index (χ2v) is 11.6. The summed E-state index contributed by atoms with van der Waals surface area (Å²) in [5.74, 6) is -3.55. The predicted molar refractivity (Wildman–Crippen MR) is 155 cm³/mol. The average Bonchev–Trinajstić information content (AvgIpc) is 3.41. The van der Waals surface area contributed by atoms with E-state index in [1.165, 1.54) is 6.92 Å². The number of hydrogen-bond acceptors (Lipinski definition) is 7. The van der Waals surface area contributed by atoms with Crippen LogP contribution >= 0.6 is 0 Å². The van der Waals surface area contributed by atoms with E-state index in [4.69, 9.17) is 0 Å². The molecule has 2 aromatic rings. The monoisotopic (exact) mass is 564 g/mol. The molecule has 0 spiro atoms. The summed E-state index contributed by atoms with van der Waals surface area (Å²) in [6, 6.07) is 11.4. The number of fused-ring (bicyclic) bond motifs is 1. The molecule has 4 amide bonds. The molecule has 3 rings (SSSR count). The first kappa shape index (κ1) is 31.3. The molecule has 220 valence electrons. The third-order valence-electron chi connectivity index (χ3n) is 6.83. The van der Waals surface area contributed by atoms with Crippen molar-refractivity contribution in [3.05, 3.63) is 65.2 Å². The van der Waals surface area contributed by atoms with E-state index in [0.717, 1.165) is 16.8 Å². The lowest BCUT2D eigenvalue weighted by molar-refractivity contribution is -0.141. The number of carbonyl (C=O) groups is 5. The van der Waals surface area contributed by atoms with Gasteiger partial charge in [-0.2, -0.15) is 0 Å². The van der Waals surface area contributed by atoms with Gasteiger partial charge in [-0.1, -0.05) is 71.0 Å². The smallest absolute Gasteiger partial charge is 0.289 e. The molecule has 0 aromatic heterocycles. The molecule has 2 aromatic carbocycles. The summed E-state index contributed by atoms with van der Waals surface area (Å²) in [6.45, 7) is 11.0. The maximum absolute atomic E-state index is 13.3. The molecule has 0 bridgehead atoms. The summed E-state index contributed by atoms with van der Waals surface area (Å²) in [4.78, 5) is 65.0. The minimum absolute atomic E-state index is 0.176. The van der Waals surface area contributed by atoms with Crippen LogP contribution < -0.4 is 32.1 Å². The third-order valence-corrected chi connectivity index (χ3v) is 6.83. The number of carbonyl (C=O) groups excluding carboxylic acids is 5. The number of anilines is 1. The molecule has 0 saturated carbocycles. The molecule has 41 heavy (non-hydrogen) atoms. The van der Waals surface area contributed by atoms with Gasteiger partial charge in [0.05, 0.1) is 11.7 Å². The highest BCUT2D eigenvalue weighted by atomic mass is 16.2. The third kappa shape index (κ3) is 8.14. The molecule has 3 atom stereocenters. The van der Waals surface area contributed by atoms with Crippen molar-refractivity contribution in [2.45, 2.75) is 72.8 Å². The second-order valence-electron chi connectivity index (χ2n) is 11.6. The molecule has 3 unspecified atom stereocenters. The van der Waals surface area contributed by atoms with Gasteiger partial charge in [0.2, 0.25) is 17.6 Å². The number of ketones is 1. The van der Waals surface area contributed by atoms with Crippen LogP contribution in [-0.2, 0) is 32.3 Å². The summed E-state index contributed by atoms with van der Waals surface area (Å²) >= 11 is 0. The molecular formula is C30H40N6O5. The van der Waals surface area contributed by atoms with Crippen molar-refractivity contribution >= 4 is 35.1 Å². The first-order chi connectivity index (χ1) is 19.3. The Balaban J connectivity index is 1.63. The summed E-state index contributed by atoms with van der Waals surface area (Å²) in [5.41, 5.74) is 8.15. The first-order valence-electron chi connectivity index (χ1n) is 13.7. The fourth-order valence-corrected chi connectivity index (χ4v) is 4.40. The standard InChI is InChI=1S/C30H40N6O5/c1-17(2)23(24(37)28(40)31-15-19-11-8-7-9-12-19)34-26(38)18(3)33-29(41)25(30(4,5)6)35-27(39)20-13-10-14-22-21(20)16-32-36-22/h7-14,17-18,23,25,32,36H,15-16H2,1-6H3,(H,31,40)(H,33,41)(H,34,38)(H,35,39). The van der Waals surface area contributed by atoms with E-state index in [9.17, 15) is 24.0 Å². The van der Waals surface area contributed by atoms with E-state index >= 15 is 0 Å². The fourth-order valence-electron chi connectivity index (χ4n) is 4.40. The van der Waals surface area contributed by atoms with E-state index in [1.807, 2.05) is 57.2 Å². The molecule has 0 fully saturated rings. The Bertz CT molecular complexity index is 1290. The van der Waals surface area contributed by atoms with Crippen LogP contribution in [0.2, 0.25) is 0 Å². The minimum atomic E-state index is -1.09. The van der Waals surface area contributed by atoms with Crippen LogP contribution in [0.25, 0.3) is 0 Å². The van der Waals surface area contributed by atoms with Crippen molar-refractivity contribution in [2.24, 2.45) is 11.3 Å². The summed E-state index contributed by atoms with van der Waals surface area (Å²) in [6.07, 6.45) is 0. The normalized spacial score (nSPS) is 14.6. The molecule has 1 aliphatic heterocycles. The van der Waals surface area contributed by atoms with Crippen LogP contribution in [0.3, 0.4) is 0 Å². The van der Waals surface area contributed by atoms with Gasteiger partial charge in [-0.25, -0.2) is 5.43 Å². The molecule has 11 nitrogen and oxygen atoms in total. The lowest BCUT2D eigenvalue weighted by Crippen LogP contribution is -2.59. The first-order valence-corrected chi connectivity index (χ1v) is 13.7. The van der Waals surface area contributed by atoms with Crippen molar-refractivity contribution in [2.75, 3.05) is 5.43 Å². The van der Waals surface area contributed by atoms with Crippen LogP contribution in [0.5, 0.6) is 0 Å². The maximum atomic E-state index is 13.3. The van der Waals surface area contributed by atoms with Crippen LogP contribution in [0, 0.1) is 11.3 Å². The summed E-state index contributed by atoms with van der Waals surface area (Å²) in [7, 11) is 0. The van der Waals surface area contributed by atoms with E-state index in [0.29, 0.717) is 12.1 Å². The zero-order valence-corrected chi connectivity index (χ0v) is 24.4. The molecule has 0 saturated heterocycles. The lowest BCUT2D eigenvalue weighted by Gasteiger charge is -2.31. The highest BCUT2D eigenvalue weighted by Crippen LogP contribution is 2.25. The minimum Gasteiger partial charge on any atom is -0.345 e. The summed E-state index contributed by atoms with van der Waals surface area (Å²) < 4.78 is 0. The van der Waals surface area contributed by atoms with Crippen molar-refractivity contribution in [1.29, 1.82) is 0 Å². The Kier molecular flexibility index (Phi) is 10.2. The average molecular weight is 565 g/mol. The fraction of sp³-hybridized carbons (Fsp3) is 0.433. The zero-order valence-electron chi connectivity index (χ0n) is 24.4. The van der Waals surface area contributed by atoms with Crippen LogP contribution in [-0.4, -0.2) is 47.5 Å². The van der Waals surface area contributed by atoms with Gasteiger partial charge >= 0.3 is 0 Å². The Morgan fingerprint density at radius 2 is 1.54 bits per heavy atom. The lowest BCUT2D eigenvalue weighted by atomic mass is 9.85. The molecule has 6 N–H and O–H groups in total. The highest BCUT2D eigenvalue weighted by molar-refractivity contribution is 6.38.